The molecule has 3 heteroatoms. The van der Waals surface area contributed by atoms with Gasteiger partial charge in [-0.15, -0.1) is 0 Å². The molecule has 2 N–H and O–H groups in total. The Labute approximate surface area is 66.7 Å². The van der Waals surface area contributed by atoms with E-state index in [1.807, 2.05) is 20.0 Å². The van der Waals surface area contributed by atoms with Crippen LogP contribution in [-0.4, -0.2) is 16.5 Å². The maximum atomic E-state index is 5.41. The molecule has 1 aromatic heterocycles. The van der Waals surface area contributed by atoms with Gasteiger partial charge in [0.1, 0.15) is 5.82 Å². The third kappa shape index (κ3) is 1.98. The van der Waals surface area contributed by atoms with Crippen LogP contribution in [0.3, 0.4) is 0 Å². The first kappa shape index (κ1) is 8.14. The van der Waals surface area contributed by atoms with E-state index in [4.69, 9.17) is 5.73 Å². The van der Waals surface area contributed by atoms with Crippen molar-refractivity contribution in [3.8, 4) is 0 Å². The Morgan fingerprint density at radius 3 is 2.73 bits per heavy atom. The first-order valence-electron chi connectivity index (χ1n) is 3.73. The van der Waals surface area contributed by atoms with Crippen LogP contribution in [-0.2, 0) is 6.42 Å². The number of nitrogens with two attached hydrogens (primary N) is 1. The summed E-state index contributed by atoms with van der Waals surface area (Å²) in [6, 6.07) is 0. The molecule has 0 amide bonds. The SMILES string of the molecule is Cc1ncc(CCN)c(C)n1. The van der Waals surface area contributed by atoms with Gasteiger partial charge in [0, 0.05) is 11.9 Å². The normalized spacial score (nSPS) is 10.1. The monoisotopic (exact) mass is 151 g/mol. The Balaban J connectivity index is 2.90. The van der Waals surface area contributed by atoms with E-state index in [1.165, 1.54) is 0 Å². The number of rotatable bonds is 2. The molecule has 60 valence electrons. The van der Waals surface area contributed by atoms with Crippen LogP contribution in [0.4, 0.5) is 0 Å². The van der Waals surface area contributed by atoms with Crippen molar-refractivity contribution in [2.24, 2.45) is 5.73 Å². The zero-order valence-electron chi connectivity index (χ0n) is 6.96. The lowest BCUT2D eigenvalue weighted by molar-refractivity contribution is 0.898. The summed E-state index contributed by atoms with van der Waals surface area (Å²) in [5, 5.41) is 0. The third-order valence-corrected chi connectivity index (χ3v) is 1.62. The Bertz CT molecular complexity index is 245. The van der Waals surface area contributed by atoms with Gasteiger partial charge in [-0.1, -0.05) is 0 Å². The second-order valence-electron chi connectivity index (χ2n) is 2.57. The van der Waals surface area contributed by atoms with Crippen molar-refractivity contribution in [3.63, 3.8) is 0 Å². The molecule has 11 heavy (non-hydrogen) atoms. The molecule has 0 aromatic carbocycles. The maximum absolute atomic E-state index is 5.41. The van der Waals surface area contributed by atoms with E-state index in [2.05, 4.69) is 9.97 Å². The van der Waals surface area contributed by atoms with Gasteiger partial charge in [0.25, 0.3) is 0 Å². The van der Waals surface area contributed by atoms with Gasteiger partial charge < -0.3 is 5.73 Å². The molecule has 1 heterocycles. The molecule has 0 spiro atoms. The van der Waals surface area contributed by atoms with Gasteiger partial charge in [-0.2, -0.15) is 0 Å². The molecule has 0 fully saturated rings. The first-order chi connectivity index (χ1) is 5.24. The van der Waals surface area contributed by atoms with Crippen molar-refractivity contribution in [3.05, 3.63) is 23.3 Å². The molecule has 0 aliphatic rings. The molecule has 0 saturated carbocycles. The Morgan fingerprint density at radius 1 is 1.45 bits per heavy atom. The number of nitrogens with zero attached hydrogens (tertiary/aromatic N) is 2. The highest BCUT2D eigenvalue weighted by atomic mass is 14.9. The molecular formula is C8H13N3. The van der Waals surface area contributed by atoms with Gasteiger partial charge in [0.2, 0.25) is 0 Å². The van der Waals surface area contributed by atoms with Crippen LogP contribution in [0.2, 0.25) is 0 Å². The fourth-order valence-electron chi connectivity index (χ4n) is 1.01. The van der Waals surface area contributed by atoms with E-state index >= 15 is 0 Å². The summed E-state index contributed by atoms with van der Waals surface area (Å²) in [6.45, 7) is 4.53. The highest BCUT2D eigenvalue weighted by Crippen LogP contribution is 2.02. The Kier molecular flexibility index (Phi) is 2.54. The molecule has 0 aliphatic carbocycles. The summed E-state index contributed by atoms with van der Waals surface area (Å²) >= 11 is 0. The average molecular weight is 151 g/mol. The van der Waals surface area contributed by atoms with Crippen LogP contribution in [0.5, 0.6) is 0 Å². The molecule has 0 saturated heterocycles. The molecule has 1 rings (SSSR count). The van der Waals surface area contributed by atoms with Crippen molar-refractivity contribution in [1.29, 1.82) is 0 Å². The summed E-state index contributed by atoms with van der Waals surface area (Å²) in [6.07, 6.45) is 2.72. The van der Waals surface area contributed by atoms with Crippen LogP contribution >= 0.6 is 0 Å². The lowest BCUT2D eigenvalue weighted by atomic mass is 10.2. The lowest BCUT2D eigenvalue weighted by Crippen LogP contribution is -2.06. The fraction of sp³-hybridized carbons (Fsp3) is 0.500. The van der Waals surface area contributed by atoms with Gasteiger partial charge in [0.15, 0.2) is 0 Å². The average Bonchev–Trinajstić information content (AvgIpc) is 1.95. The molecule has 0 radical (unpaired) electrons. The summed E-state index contributed by atoms with van der Waals surface area (Å²) in [5.74, 6) is 0.822. The van der Waals surface area contributed by atoms with Crippen molar-refractivity contribution in [1.82, 2.24) is 9.97 Å². The predicted molar refractivity (Wildman–Crippen MR) is 44.3 cm³/mol. The van der Waals surface area contributed by atoms with E-state index < -0.39 is 0 Å². The van der Waals surface area contributed by atoms with Crippen molar-refractivity contribution >= 4 is 0 Å². The number of aryl methyl sites for hydroxylation is 2. The largest absolute Gasteiger partial charge is 0.330 e. The number of aromatic nitrogens is 2. The molecule has 0 atom stereocenters. The van der Waals surface area contributed by atoms with Crippen LogP contribution in [0.1, 0.15) is 17.1 Å². The second-order valence-corrected chi connectivity index (χ2v) is 2.57. The summed E-state index contributed by atoms with van der Waals surface area (Å²) in [4.78, 5) is 8.32. The van der Waals surface area contributed by atoms with Crippen LogP contribution in [0.25, 0.3) is 0 Å². The lowest BCUT2D eigenvalue weighted by Gasteiger charge is -2.02. The summed E-state index contributed by atoms with van der Waals surface area (Å²) < 4.78 is 0. The van der Waals surface area contributed by atoms with Gasteiger partial charge in [0.05, 0.1) is 0 Å². The fourth-order valence-corrected chi connectivity index (χ4v) is 1.01. The van der Waals surface area contributed by atoms with Crippen molar-refractivity contribution in [2.75, 3.05) is 6.54 Å². The van der Waals surface area contributed by atoms with Gasteiger partial charge in [-0.25, -0.2) is 9.97 Å². The molecular weight excluding hydrogens is 138 g/mol. The van der Waals surface area contributed by atoms with Gasteiger partial charge in [-0.3, -0.25) is 0 Å². The summed E-state index contributed by atoms with van der Waals surface area (Å²) in [7, 11) is 0. The van der Waals surface area contributed by atoms with Gasteiger partial charge in [-0.05, 0) is 32.4 Å². The maximum Gasteiger partial charge on any atom is 0.125 e. The van der Waals surface area contributed by atoms with E-state index in [9.17, 15) is 0 Å². The minimum atomic E-state index is 0.660. The van der Waals surface area contributed by atoms with E-state index in [0.717, 1.165) is 23.5 Å². The smallest absolute Gasteiger partial charge is 0.125 e. The second kappa shape index (κ2) is 3.44. The first-order valence-corrected chi connectivity index (χ1v) is 3.73. The molecule has 1 aromatic rings. The van der Waals surface area contributed by atoms with Crippen LogP contribution in [0.15, 0.2) is 6.20 Å². The Morgan fingerprint density at radius 2 is 2.18 bits per heavy atom. The molecule has 0 unspecified atom stereocenters. The molecule has 0 aliphatic heterocycles. The predicted octanol–water partition coefficient (Wildman–Crippen LogP) is 0.595. The Hall–Kier alpha value is -0.960. The minimum absolute atomic E-state index is 0.660. The van der Waals surface area contributed by atoms with Gasteiger partial charge >= 0.3 is 0 Å². The quantitative estimate of drug-likeness (QED) is 0.673. The standard InChI is InChI=1S/C8H13N3/c1-6-8(3-4-9)5-10-7(2)11-6/h5H,3-4,9H2,1-2H3. The zero-order chi connectivity index (χ0) is 8.27. The van der Waals surface area contributed by atoms with E-state index in [-0.39, 0.29) is 0 Å². The number of hydrogen-bond acceptors (Lipinski definition) is 3. The van der Waals surface area contributed by atoms with Crippen molar-refractivity contribution < 1.29 is 0 Å². The minimum Gasteiger partial charge on any atom is -0.330 e. The highest BCUT2D eigenvalue weighted by molar-refractivity contribution is 5.15. The third-order valence-electron chi connectivity index (χ3n) is 1.62. The summed E-state index contributed by atoms with van der Waals surface area (Å²) in [5.41, 5.74) is 7.61. The van der Waals surface area contributed by atoms with Crippen LogP contribution < -0.4 is 5.73 Å². The number of hydrogen-bond donors (Lipinski definition) is 1. The van der Waals surface area contributed by atoms with E-state index in [1.54, 1.807) is 0 Å². The van der Waals surface area contributed by atoms with Crippen molar-refractivity contribution in [2.45, 2.75) is 20.3 Å². The van der Waals surface area contributed by atoms with E-state index in [0.29, 0.717) is 6.54 Å². The molecule has 3 nitrogen and oxygen atoms in total. The topological polar surface area (TPSA) is 51.8 Å². The zero-order valence-corrected chi connectivity index (χ0v) is 6.96. The highest BCUT2D eigenvalue weighted by Gasteiger charge is 1.98. The molecule has 0 bridgehead atoms. The van der Waals surface area contributed by atoms with Crippen LogP contribution in [0, 0.1) is 13.8 Å².